The molecule has 3 atom stereocenters. The van der Waals surface area contributed by atoms with Crippen molar-refractivity contribution in [3.05, 3.63) is 0 Å². The van der Waals surface area contributed by atoms with Gasteiger partial charge in [-0.2, -0.15) is 0 Å². The molecule has 15 heavy (non-hydrogen) atoms. The van der Waals surface area contributed by atoms with Crippen LogP contribution in [0.15, 0.2) is 0 Å². The first kappa shape index (κ1) is 10.7. The lowest BCUT2D eigenvalue weighted by molar-refractivity contribution is -0.609. The Bertz CT molecular complexity index is 285. The minimum Gasteiger partial charge on any atom is -0.476 e. The van der Waals surface area contributed by atoms with Crippen molar-refractivity contribution in [3.8, 4) is 0 Å². The highest BCUT2D eigenvalue weighted by Crippen LogP contribution is 2.35. The number of piperidine rings is 1. The molecule has 3 unspecified atom stereocenters. The van der Waals surface area contributed by atoms with Gasteiger partial charge in [0, 0.05) is 25.7 Å². The van der Waals surface area contributed by atoms with Crippen molar-refractivity contribution in [2.75, 3.05) is 0 Å². The van der Waals surface area contributed by atoms with Crippen molar-refractivity contribution in [1.29, 1.82) is 0 Å². The van der Waals surface area contributed by atoms with Crippen LogP contribution in [0.4, 0.5) is 0 Å². The number of hydrogen-bond donors (Lipinski definition) is 1. The molecule has 0 spiro atoms. The standard InChI is InChI=1S/C12H19NO2/c1-2-13-10-6-4-3-5-9(10)7-8-11(13)12(14)15/h2,9-11H,3-8H2,1H3/p+1. The highest BCUT2D eigenvalue weighted by molar-refractivity contribution is 5.72. The third kappa shape index (κ3) is 1.92. The minimum absolute atomic E-state index is 0.269. The van der Waals surface area contributed by atoms with Crippen LogP contribution in [0.25, 0.3) is 0 Å². The zero-order valence-electron chi connectivity index (χ0n) is 9.35. The molecule has 1 aliphatic carbocycles. The molecular formula is C12H20NO2+. The Hall–Kier alpha value is -0.860. The van der Waals surface area contributed by atoms with Gasteiger partial charge in [-0.15, -0.1) is 0 Å². The molecule has 3 heteroatoms. The lowest BCUT2D eigenvalue weighted by Crippen LogP contribution is -2.49. The van der Waals surface area contributed by atoms with E-state index in [1.165, 1.54) is 25.7 Å². The van der Waals surface area contributed by atoms with Crippen LogP contribution in [0.5, 0.6) is 0 Å². The maximum absolute atomic E-state index is 11.1. The highest BCUT2D eigenvalue weighted by atomic mass is 16.4. The topological polar surface area (TPSA) is 40.3 Å². The molecule has 3 nitrogen and oxygen atoms in total. The van der Waals surface area contributed by atoms with E-state index in [1.54, 1.807) is 0 Å². The molecule has 0 aromatic rings. The van der Waals surface area contributed by atoms with Crippen LogP contribution >= 0.6 is 0 Å². The average Bonchev–Trinajstić information content (AvgIpc) is 2.27. The first-order chi connectivity index (χ1) is 7.24. The van der Waals surface area contributed by atoms with Gasteiger partial charge in [0.15, 0.2) is 6.04 Å². The molecular weight excluding hydrogens is 190 g/mol. The van der Waals surface area contributed by atoms with Crippen LogP contribution in [0.1, 0.15) is 45.4 Å². The Balaban J connectivity index is 2.19. The molecule has 84 valence electrons. The summed E-state index contributed by atoms with van der Waals surface area (Å²) in [6, 6.07) is 0.230. The van der Waals surface area contributed by atoms with Gasteiger partial charge in [0.1, 0.15) is 6.21 Å². The van der Waals surface area contributed by atoms with E-state index in [4.69, 9.17) is 5.11 Å². The largest absolute Gasteiger partial charge is 0.476 e. The summed E-state index contributed by atoms with van der Waals surface area (Å²) in [6.07, 6.45) is 8.97. The smallest absolute Gasteiger partial charge is 0.372 e. The summed E-state index contributed by atoms with van der Waals surface area (Å²) in [5, 5.41) is 9.17. The van der Waals surface area contributed by atoms with Crippen LogP contribution in [0.2, 0.25) is 0 Å². The number of rotatable bonds is 1. The first-order valence-electron chi connectivity index (χ1n) is 6.03. The third-order valence-corrected chi connectivity index (χ3v) is 4.01. The van der Waals surface area contributed by atoms with Gasteiger partial charge in [-0.25, -0.2) is 9.37 Å². The SMILES string of the molecule is CC=[N+]1C(C(=O)O)CCC2CCCCC21. The summed E-state index contributed by atoms with van der Waals surface area (Å²) < 4.78 is 2.11. The van der Waals surface area contributed by atoms with Gasteiger partial charge in [0.25, 0.3) is 0 Å². The van der Waals surface area contributed by atoms with Crippen molar-refractivity contribution in [2.45, 2.75) is 57.5 Å². The predicted octanol–water partition coefficient (Wildman–Crippen LogP) is 1.90. The van der Waals surface area contributed by atoms with E-state index in [0.717, 1.165) is 18.8 Å². The second-order valence-corrected chi connectivity index (χ2v) is 4.75. The second-order valence-electron chi connectivity index (χ2n) is 4.75. The summed E-state index contributed by atoms with van der Waals surface area (Å²) in [5.41, 5.74) is 0. The molecule has 0 bridgehead atoms. The average molecular weight is 210 g/mol. The highest BCUT2D eigenvalue weighted by Gasteiger charge is 2.44. The summed E-state index contributed by atoms with van der Waals surface area (Å²) in [4.78, 5) is 11.1. The van der Waals surface area contributed by atoms with Gasteiger partial charge in [-0.3, -0.25) is 0 Å². The number of carbonyl (C=O) groups is 1. The summed E-state index contributed by atoms with van der Waals surface area (Å²) >= 11 is 0. The van der Waals surface area contributed by atoms with Crippen molar-refractivity contribution in [2.24, 2.45) is 5.92 Å². The number of hydrogen-bond acceptors (Lipinski definition) is 1. The maximum Gasteiger partial charge on any atom is 0.372 e. The van der Waals surface area contributed by atoms with E-state index >= 15 is 0 Å². The molecule has 1 N–H and O–H groups in total. The van der Waals surface area contributed by atoms with Crippen molar-refractivity contribution < 1.29 is 14.5 Å². The molecule has 0 aromatic heterocycles. The Morgan fingerprint density at radius 3 is 2.67 bits per heavy atom. The van der Waals surface area contributed by atoms with E-state index in [-0.39, 0.29) is 6.04 Å². The third-order valence-electron chi connectivity index (χ3n) is 4.01. The van der Waals surface area contributed by atoms with Gasteiger partial charge >= 0.3 is 5.97 Å². The van der Waals surface area contributed by atoms with Crippen molar-refractivity contribution in [3.63, 3.8) is 0 Å². The molecule has 2 aliphatic rings. The molecule has 1 saturated carbocycles. The monoisotopic (exact) mass is 210 g/mol. The van der Waals surface area contributed by atoms with Crippen molar-refractivity contribution in [1.82, 2.24) is 0 Å². The van der Waals surface area contributed by atoms with Crippen LogP contribution in [-0.4, -0.2) is 33.9 Å². The fraction of sp³-hybridized carbons (Fsp3) is 0.833. The Kier molecular flexibility index (Phi) is 3.08. The summed E-state index contributed by atoms with van der Waals surface area (Å²) in [5.74, 6) is 0.0858. The Morgan fingerprint density at radius 1 is 1.27 bits per heavy atom. The molecule has 2 rings (SSSR count). The quantitative estimate of drug-likeness (QED) is 0.671. The number of aliphatic carboxylic acids is 1. The van der Waals surface area contributed by atoms with Gasteiger partial charge in [-0.05, 0) is 19.3 Å². The minimum atomic E-state index is -0.655. The van der Waals surface area contributed by atoms with E-state index in [1.807, 2.05) is 13.1 Å². The maximum atomic E-state index is 11.1. The van der Waals surface area contributed by atoms with Gasteiger partial charge in [0.2, 0.25) is 6.04 Å². The fourth-order valence-electron chi connectivity index (χ4n) is 3.29. The predicted molar refractivity (Wildman–Crippen MR) is 58.4 cm³/mol. The van der Waals surface area contributed by atoms with Gasteiger partial charge < -0.3 is 5.11 Å². The number of carboxylic acids is 1. The molecule has 0 amide bonds. The van der Waals surface area contributed by atoms with Crippen LogP contribution in [-0.2, 0) is 4.79 Å². The molecule has 1 heterocycles. The Labute approximate surface area is 90.8 Å². The Morgan fingerprint density at radius 2 is 2.00 bits per heavy atom. The summed E-state index contributed by atoms with van der Waals surface area (Å²) in [6.45, 7) is 1.97. The molecule has 1 aliphatic heterocycles. The van der Waals surface area contributed by atoms with E-state index in [9.17, 15) is 4.79 Å². The molecule has 1 saturated heterocycles. The molecule has 2 fully saturated rings. The zero-order valence-corrected chi connectivity index (χ0v) is 9.35. The molecule has 0 radical (unpaired) electrons. The number of nitrogens with zero attached hydrogens (tertiary/aromatic N) is 1. The van der Waals surface area contributed by atoms with Crippen LogP contribution in [0, 0.1) is 5.92 Å². The molecule has 0 aromatic carbocycles. The first-order valence-corrected chi connectivity index (χ1v) is 6.03. The number of carboxylic acid groups (broad SMARTS) is 1. The lowest BCUT2D eigenvalue weighted by Gasteiger charge is -2.35. The van der Waals surface area contributed by atoms with Crippen LogP contribution in [0.3, 0.4) is 0 Å². The van der Waals surface area contributed by atoms with Crippen LogP contribution < -0.4 is 0 Å². The lowest BCUT2D eigenvalue weighted by atomic mass is 9.77. The van der Waals surface area contributed by atoms with Gasteiger partial charge in [-0.1, -0.05) is 6.42 Å². The van der Waals surface area contributed by atoms with E-state index < -0.39 is 5.97 Å². The van der Waals surface area contributed by atoms with Gasteiger partial charge in [0.05, 0.1) is 0 Å². The normalized spacial score (nSPS) is 38.7. The number of fused-ring (bicyclic) bond motifs is 1. The summed E-state index contributed by atoms with van der Waals surface area (Å²) in [7, 11) is 0. The zero-order chi connectivity index (χ0) is 10.8. The fourth-order valence-corrected chi connectivity index (χ4v) is 3.29. The second kappa shape index (κ2) is 4.33. The van der Waals surface area contributed by atoms with E-state index in [2.05, 4.69) is 4.58 Å². The van der Waals surface area contributed by atoms with E-state index in [0.29, 0.717) is 6.04 Å². The van der Waals surface area contributed by atoms with Crippen molar-refractivity contribution >= 4 is 12.2 Å².